The second-order valence-electron chi connectivity index (χ2n) is 7.50. The van der Waals surface area contributed by atoms with Gasteiger partial charge in [-0.1, -0.05) is 29.8 Å². The number of hydrogen-bond donors (Lipinski definition) is 1. The topological polar surface area (TPSA) is 94.8 Å². The Bertz CT molecular complexity index is 1270. The van der Waals surface area contributed by atoms with E-state index in [0.717, 1.165) is 28.1 Å². The number of carbonyl (C=O) groups excluding carboxylic acids is 1. The van der Waals surface area contributed by atoms with Gasteiger partial charge in [-0.15, -0.1) is 10.2 Å². The highest BCUT2D eigenvalue weighted by molar-refractivity contribution is 6.29. The minimum atomic E-state index is -0.158. The van der Waals surface area contributed by atoms with E-state index in [0.29, 0.717) is 24.7 Å². The van der Waals surface area contributed by atoms with Crippen LogP contribution < -0.4 is 10.1 Å². The van der Waals surface area contributed by atoms with E-state index in [1.807, 2.05) is 43.3 Å². The number of anilines is 1. The fourth-order valence-electron chi connectivity index (χ4n) is 3.89. The molecule has 0 fully saturated rings. The van der Waals surface area contributed by atoms with Crippen LogP contribution in [0.1, 0.15) is 34.7 Å². The molecule has 1 N–H and O–H groups in total. The van der Waals surface area contributed by atoms with Crippen molar-refractivity contribution < 1.29 is 9.53 Å². The minimum absolute atomic E-state index is 0.0905. The van der Waals surface area contributed by atoms with Crippen LogP contribution in [0.4, 0.5) is 5.82 Å². The van der Waals surface area contributed by atoms with E-state index in [-0.39, 0.29) is 17.0 Å². The molecule has 0 bridgehead atoms. The molecule has 0 saturated carbocycles. The number of amides is 1. The van der Waals surface area contributed by atoms with Gasteiger partial charge in [0.25, 0.3) is 0 Å². The van der Waals surface area contributed by atoms with Gasteiger partial charge in [-0.05, 0) is 42.8 Å². The fourth-order valence-corrected chi connectivity index (χ4v) is 3.99. The minimum Gasteiger partial charge on any atom is -0.489 e. The number of nitrogens with one attached hydrogen (secondary N) is 1. The number of aryl methyl sites for hydroxylation is 1. The first kappa shape index (κ1) is 20.1. The third-order valence-electron chi connectivity index (χ3n) is 5.33. The lowest BCUT2D eigenvalue weighted by Crippen LogP contribution is -2.25. The summed E-state index contributed by atoms with van der Waals surface area (Å²) in [6.07, 6.45) is 3.82. The van der Waals surface area contributed by atoms with Crippen LogP contribution in [0.3, 0.4) is 0 Å². The average molecular weight is 447 g/mol. The van der Waals surface area contributed by atoms with Gasteiger partial charge in [-0.2, -0.15) is 9.78 Å². The van der Waals surface area contributed by atoms with Gasteiger partial charge >= 0.3 is 0 Å². The maximum Gasteiger partial charge on any atom is 0.226 e. The Morgan fingerprint density at radius 1 is 1.19 bits per heavy atom. The number of halogens is 1. The van der Waals surface area contributed by atoms with Gasteiger partial charge in [0, 0.05) is 35.9 Å². The van der Waals surface area contributed by atoms with Crippen molar-refractivity contribution in [3.8, 4) is 11.6 Å². The van der Waals surface area contributed by atoms with Crippen LogP contribution in [0.25, 0.3) is 5.82 Å². The number of pyridine rings is 1. The van der Waals surface area contributed by atoms with Crippen LogP contribution in [0, 0.1) is 6.92 Å². The molecular formula is C23H19ClN6O2. The third kappa shape index (κ3) is 3.92. The third-order valence-corrected chi connectivity index (χ3v) is 5.53. The molecule has 1 aromatic carbocycles. The summed E-state index contributed by atoms with van der Waals surface area (Å²) in [5.41, 5.74) is 3.72. The zero-order valence-corrected chi connectivity index (χ0v) is 18.0. The van der Waals surface area contributed by atoms with Crippen LogP contribution in [0.5, 0.6) is 5.75 Å². The van der Waals surface area contributed by atoms with Gasteiger partial charge in [0.2, 0.25) is 5.91 Å². The van der Waals surface area contributed by atoms with E-state index >= 15 is 0 Å². The van der Waals surface area contributed by atoms with E-state index in [1.165, 1.54) is 0 Å². The number of carbonyl (C=O) groups is 1. The van der Waals surface area contributed by atoms with Crippen LogP contribution in [0.2, 0.25) is 5.15 Å². The molecule has 0 spiro atoms. The van der Waals surface area contributed by atoms with E-state index in [9.17, 15) is 4.79 Å². The lowest BCUT2D eigenvalue weighted by Gasteiger charge is -2.24. The first-order valence-corrected chi connectivity index (χ1v) is 10.5. The molecule has 4 heterocycles. The van der Waals surface area contributed by atoms with Crippen LogP contribution in [0.15, 0.2) is 60.9 Å². The molecular weight excluding hydrogens is 428 g/mol. The molecule has 1 aliphatic rings. The molecule has 1 aliphatic heterocycles. The second kappa shape index (κ2) is 8.39. The number of benzene rings is 1. The smallest absolute Gasteiger partial charge is 0.226 e. The second-order valence-corrected chi connectivity index (χ2v) is 7.89. The molecule has 0 saturated heterocycles. The largest absolute Gasteiger partial charge is 0.489 e. The molecule has 32 heavy (non-hydrogen) atoms. The summed E-state index contributed by atoms with van der Waals surface area (Å²) in [7, 11) is 0. The van der Waals surface area contributed by atoms with Crippen molar-refractivity contribution in [3.05, 3.63) is 88.5 Å². The van der Waals surface area contributed by atoms with Gasteiger partial charge in [0.05, 0.1) is 5.69 Å². The standard InChI is InChI=1S/C23H19ClN6O2/c1-14-22-18(16-5-2-6-17(10-16)32-13-15-4-3-9-25-12-15)11-21(31)26-23(22)30(29-14)20-8-7-19(24)27-28-20/h2-10,12,18H,11,13H2,1H3,(H,26,31)/t18-/m1/s1. The lowest BCUT2D eigenvalue weighted by molar-refractivity contribution is -0.116. The Labute approximate surface area is 189 Å². The molecule has 0 unspecified atom stereocenters. The number of fused-ring (bicyclic) bond motifs is 1. The Morgan fingerprint density at radius 3 is 2.88 bits per heavy atom. The Hall–Kier alpha value is -3.78. The number of ether oxygens (including phenoxy) is 1. The molecule has 5 rings (SSSR count). The number of nitrogens with zero attached hydrogens (tertiary/aromatic N) is 5. The Morgan fingerprint density at radius 2 is 2.09 bits per heavy atom. The maximum atomic E-state index is 12.6. The summed E-state index contributed by atoms with van der Waals surface area (Å²) in [5, 5.41) is 15.8. The van der Waals surface area contributed by atoms with Crippen molar-refractivity contribution in [2.75, 3.05) is 5.32 Å². The molecule has 160 valence electrons. The molecule has 0 radical (unpaired) electrons. The SMILES string of the molecule is Cc1nn(-c2ccc(Cl)nn2)c2c1[C@@H](c1cccc(OCc3cccnc3)c1)CC(=O)N2. The molecule has 1 amide bonds. The molecule has 3 aromatic heterocycles. The van der Waals surface area contributed by atoms with E-state index in [2.05, 4.69) is 25.6 Å². The molecule has 8 nitrogen and oxygen atoms in total. The van der Waals surface area contributed by atoms with Crippen molar-refractivity contribution in [3.63, 3.8) is 0 Å². The van der Waals surface area contributed by atoms with Gasteiger partial charge in [0.15, 0.2) is 11.0 Å². The van der Waals surface area contributed by atoms with Crippen molar-refractivity contribution in [1.29, 1.82) is 0 Å². The van der Waals surface area contributed by atoms with Crippen LogP contribution >= 0.6 is 11.6 Å². The summed E-state index contributed by atoms with van der Waals surface area (Å²) in [4.78, 5) is 16.7. The van der Waals surface area contributed by atoms with Crippen molar-refractivity contribution in [2.45, 2.75) is 25.9 Å². The fraction of sp³-hybridized carbons (Fsp3) is 0.174. The van der Waals surface area contributed by atoms with Gasteiger partial charge in [0.1, 0.15) is 18.2 Å². The van der Waals surface area contributed by atoms with Crippen LogP contribution in [-0.2, 0) is 11.4 Å². The van der Waals surface area contributed by atoms with Crippen molar-refractivity contribution in [2.24, 2.45) is 0 Å². The predicted molar refractivity (Wildman–Crippen MR) is 119 cm³/mol. The first-order valence-electron chi connectivity index (χ1n) is 10.1. The van der Waals surface area contributed by atoms with Crippen LogP contribution in [-0.4, -0.2) is 30.9 Å². The highest BCUT2D eigenvalue weighted by atomic mass is 35.5. The zero-order chi connectivity index (χ0) is 22.1. The first-order chi connectivity index (χ1) is 15.6. The summed E-state index contributed by atoms with van der Waals surface area (Å²) in [6.45, 7) is 2.34. The summed E-state index contributed by atoms with van der Waals surface area (Å²) in [5.74, 6) is 1.56. The van der Waals surface area contributed by atoms with Crippen molar-refractivity contribution >= 4 is 23.3 Å². The molecule has 9 heteroatoms. The van der Waals surface area contributed by atoms with Crippen molar-refractivity contribution in [1.82, 2.24) is 25.0 Å². The average Bonchev–Trinajstić information content (AvgIpc) is 3.14. The van der Waals surface area contributed by atoms with E-state index in [4.69, 9.17) is 16.3 Å². The van der Waals surface area contributed by atoms with E-state index in [1.54, 1.807) is 29.2 Å². The maximum absolute atomic E-state index is 12.6. The zero-order valence-electron chi connectivity index (χ0n) is 17.2. The number of hydrogen-bond acceptors (Lipinski definition) is 6. The monoisotopic (exact) mass is 446 g/mol. The molecule has 1 atom stereocenters. The lowest BCUT2D eigenvalue weighted by atomic mass is 9.86. The number of aromatic nitrogens is 5. The Balaban J connectivity index is 1.48. The van der Waals surface area contributed by atoms with Gasteiger partial charge in [-0.3, -0.25) is 9.78 Å². The summed E-state index contributed by atoms with van der Waals surface area (Å²) >= 11 is 5.87. The van der Waals surface area contributed by atoms with E-state index < -0.39 is 0 Å². The normalized spacial score (nSPS) is 15.2. The summed E-state index contributed by atoms with van der Waals surface area (Å²) in [6, 6.07) is 15.0. The Kier molecular flexibility index (Phi) is 5.28. The number of rotatable bonds is 5. The highest BCUT2D eigenvalue weighted by Gasteiger charge is 2.33. The molecule has 4 aromatic rings. The quantitative estimate of drug-likeness (QED) is 0.496. The molecule has 0 aliphatic carbocycles. The van der Waals surface area contributed by atoms with Gasteiger partial charge in [-0.25, -0.2) is 0 Å². The predicted octanol–water partition coefficient (Wildman–Crippen LogP) is 4.07. The van der Waals surface area contributed by atoms with Gasteiger partial charge < -0.3 is 10.1 Å². The summed E-state index contributed by atoms with van der Waals surface area (Å²) < 4.78 is 7.56. The highest BCUT2D eigenvalue weighted by Crippen LogP contribution is 2.40.